The molecule has 82 valence electrons. The lowest BCUT2D eigenvalue weighted by Crippen LogP contribution is -2.04. The lowest BCUT2D eigenvalue weighted by atomic mass is 10.1. The van der Waals surface area contributed by atoms with Crippen LogP contribution in [-0.2, 0) is 0 Å². The molecular weight excluding hydrogens is 218 g/mol. The summed E-state index contributed by atoms with van der Waals surface area (Å²) in [5.74, 6) is 0. The van der Waals surface area contributed by atoms with Crippen LogP contribution in [0.3, 0.4) is 0 Å². The summed E-state index contributed by atoms with van der Waals surface area (Å²) in [4.78, 5) is 9.20. The summed E-state index contributed by atoms with van der Waals surface area (Å²) in [6.07, 6.45) is 3.30. The van der Waals surface area contributed by atoms with Crippen molar-refractivity contribution in [1.29, 1.82) is 0 Å². The largest absolute Gasteiger partial charge is 0.324 e. The number of benzene rings is 1. The van der Waals surface area contributed by atoms with Crippen molar-refractivity contribution in [3.05, 3.63) is 48.4 Å². The van der Waals surface area contributed by atoms with Gasteiger partial charge in [-0.05, 0) is 30.7 Å². The Balaban J connectivity index is 2.11. The average Bonchev–Trinajstić information content (AvgIpc) is 2.31. The van der Waals surface area contributed by atoms with Crippen molar-refractivity contribution in [2.45, 2.75) is 22.9 Å². The van der Waals surface area contributed by atoms with Crippen LogP contribution in [0.1, 0.15) is 18.5 Å². The highest BCUT2D eigenvalue weighted by molar-refractivity contribution is 7.99. The summed E-state index contributed by atoms with van der Waals surface area (Å²) < 4.78 is 0. The normalized spacial score (nSPS) is 12.4. The Labute approximate surface area is 99.1 Å². The Morgan fingerprint density at radius 1 is 1.19 bits per heavy atom. The highest BCUT2D eigenvalue weighted by Crippen LogP contribution is 2.26. The van der Waals surface area contributed by atoms with Crippen molar-refractivity contribution in [3.63, 3.8) is 0 Å². The van der Waals surface area contributed by atoms with E-state index in [2.05, 4.69) is 22.1 Å². The van der Waals surface area contributed by atoms with Gasteiger partial charge in [0, 0.05) is 17.1 Å². The molecule has 0 spiro atoms. The molecular formula is C12H13N3S. The summed E-state index contributed by atoms with van der Waals surface area (Å²) in [5, 5.41) is 0.948. The van der Waals surface area contributed by atoms with Gasteiger partial charge in [0.05, 0.1) is 0 Å². The molecule has 0 radical (unpaired) electrons. The number of nitrogens with two attached hydrogens (primary N) is 1. The highest BCUT2D eigenvalue weighted by atomic mass is 32.2. The van der Waals surface area contributed by atoms with E-state index >= 15 is 0 Å². The molecule has 1 unspecified atom stereocenters. The number of nitrogens with zero attached hydrogens (tertiary/aromatic N) is 2. The van der Waals surface area contributed by atoms with Gasteiger partial charge < -0.3 is 5.73 Å². The zero-order valence-electron chi connectivity index (χ0n) is 9.00. The molecule has 1 aromatic heterocycles. The van der Waals surface area contributed by atoms with Gasteiger partial charge in [0.2, 0.25) is 0 Å². The maximum absolute atomic E-state index is 5.79. The van der Waals surface area contributed by atoms with E-state index in [1.165, 1.54) is 0 Å². The van der Waals surface area contributed by atoms with Crippen LogP contribution in [-0.4, -0.2) is 9.97 Å². The molecule has 16 heavy (non-hydrogen) atoms. The van der Waals surface area contributed by atoms with Gasteiger partial charge in [-0.1, -0.05) is 23.9 Å². The number of rotatable bonds is 3. The molecule has 1 atom stereocenters. The van der Waals surface area contributed by atoms with Crippen LogP contribution in [0.5, 0.6) is 0 Å². The highest BCUT2D eigenvalue weighted by Gasteiger charge is 2.01. The minimum atomic E-state index is 0.0816. The number of hydrogen-bond donors (Lipinski definition) is 1. The van der Waals surface area contributed by atoms with E-state index in [1.807, 2.05) is 25.1 Å². The zero-order chi connectivity index (χ0) is 11.4. The second-order valence-electron chi connectivity index (χ2n) is 3.51. The minimum absolute atomic E-state index is 0.0816. The summed E-state index contributed by atoms with van der Waals surface area (Å²) in [5.41, 5.74) is 6.93. The third-order valence-electron chi connectivity index (χ3n) is 2.18. The minimum Gasteiger partial charge on any atom is -0.324 e. The van der Waals surface area contributed by atoms with Gasteiger partial charge in [0.25, 0.3) is 0 Å². The van der Waals surface area contributed by atoms with E-state index < -0.39 is 0 Å². The summed E-state index contributed by atoms with van der Waals surface area (Å²) in [6, 6.07) is 10.2. The van der Waals surface area contributed by atoms with Gasteiger partial charge >= 0.3 is 0 Å². The smallest absolute Gasteiger partial charge is 0.116 e. The Morgan fingerprint density at radius 2 is 1.94 bits per heavy atom. The maximum atomic E-state index is 5.79. The summed E-state index contributed by atoms with van der Waals surface area (Å²) in [6.45, 7) is 1.98. The fourth-order valence-electron chi connectivity index (χ4n) is 1.30. The third kappa shape index (κ3) is 2.81. The summed E-state index contributed by atoms with van der Waals surface area (Å²) >= 11 is 1.62. The molecule has 1 aromatic carbocycles. The van der Waals surface area contributed by atoms with Gasteiger partial charge in [0.15, 0.2) is 0 Å². The molecule has 2 N–H and O–H groups in total. The van der Waals surface area contributed by atoms with Gasteiger partial charge in [-0.15, -0.1) is 0 Å². The van der Waals surface area contributed by atoms with E-state index in [-0.39, 0.29) is 6.04 Å². The lowest BCUT2D eigenvalue weighted by Gasteiger charge is -2.06. The maximum Gasteiger partial charge on any atom is 0.116 e. The molecule has 0 bridgehead atoms. The standard InChI is InChI=1S/C12H13N3S/c1-9(13)10-2-4-11(5-3-10)16-12-6-7-14-8-15-12/h2-9H,13H2,1H3. The first-order chi connectivity index (χ1) is 7.75. The van der Waals surface area contributed by atoms with Crippen molar-refractivity contribution in [2.24, 2.45) is 5.73 Å². The monoisotopic (exact) mass is 231 g/mol. The van der Waals surface area contributed by atoms with Crippen LogP contribution in [0.15, 0.2) is 52.8 Å². The lowest BCUT2D eigenvalue weighted by molar-refractivity contribution is 0.817. The van der Waals surface area contributed by atoms with E-state index in [9.17, 15) is 0 Å². The Morgan fingerprint density at radius 3 is 2.50 bits per heavy atom. The molecule has 3 nitrogen and oxygen atoms in total. The molecule has 0 amide bonds. The predicted octanol–water partition coefficient (Wildman–Crippen LogP) is 2.65. The van der Waals surface area contributed by atoms with Gasteiger partial charge in [-0.3, -0.25) is 0 Å². The Kier molecular flexibility index (Phi) is 3.54. The van der Waals surface area contributed by atoms with Crippen LogP contribution >= 0.6 is 11.8 Å². The van der Waals surface area contributed by atoms with Crippen LogP contribution in [0, 0.1) is 0 Å². The molecule has 1 heterocycles. The molecule has 0 saturated heterocycles. The van der Waals surface area contributed by atoms with Gasteiger partial charge in [-0.25, -0.2) is 9.97 Å². The fraction of sp³-hybridized carbons (Fsp3) is 0.167. The van der Waals surface area contributed by atoms with Gasteiger partial charge in [-0.2, -0.15) is 0 Å². The van der Waals surface area contributed by atoms with Crippen molar-refractivity contribution in [1.82, 2.24) is 9.97 Å². The first-order valence-electron chi connectivity index (χ1n) is 5.05. The number of hydrogen-bond acceptors (Lipinski definition) is 4. The van der Waals surface area contributed by atoms with Crippen LogP contribution in [0.2, 0.25) is 0 Å². The average molecular weight is 231 g/mol. The first-order valence-corrected chi connectivity index (χ1v) is 5.87. The molecule has 0 saturated carbocycles. The van der Waals surface area contributed by atoms with Gasteiger partial charge in [0.1, 0.15) is 11.4 Å². The Bertz CT molecular complexity index is 440. The third-order valence-corrected chi connectivity index (χ3v) is 3.14. The molecule has 2 aromatic rings. The van der Waals surface area contributed by atoms with Crippen molar-refractivity contribution >= 4 is 11.8 Å². The molecule has 0 aliphatic heterocycles. The predicted molar refractivity (Wildman–Crippen MR) is 65.2 cm³/mol. The van der Waals surface area contributed by atoms with Crippen molar-refractivity contribution in [3.8, 4) is 0 Å². The second kappa shape index (κ2) is 5.09. The van der Waals surface area contributed by atoms with E-state index in [4.69, 9.17) is 5.73 Å². The van der Waals surface area contributed by atoms with Crippen LogP contribution in [0.25, 0.3) is 0 Å². The zero-order valence-corrected chi connectivity index (χ0v) is 9.82. The van der Waals surface area contributed by atoms with Crippen molar-refractivity contribution < 1.29 is 0 Å². The Hall–Kier alpha value is -1.39. The topological polar surface area (TPSA) is 51.8 Å². The summed E-state index contributed by atoms with van der Waals surface area (Å²) in [7, 11) is 0. The van der Waals surface area contributed by atoms with Crippen molar-refractivity contribution in [2.75, 3.05) is 0 Å². The van der Waals surface area contributed by atoms with Crippen LogP contribution < -0.4 is 5.73 Å². The quantitative estimate of drug-likeness (QED) is 0.825. The SMILES string of the molecule is CC(N)c1ccc(Sc2ccncn2)cc1. The van der Waals surface area contributed by atoms with Crippen LogP contribution in [0.4, 0.5) is 0 Å². The van der Waals surface area contributed by atoms with E-state index in [1.54, 1.807) is 24.3 Å². The second-order valence-corrected chi connectivity index (χ2v) is 4.60. The number of aromatic nitrogens is 2. The van der Waals surface area contributed by atoms with E-state index in [0.717, 1.165) is 15.5 Å². The molecule has 4 heteroatoms. The molecule has 0 fully saturated rings. The molecule has 0 aliphatic carbocycles. The first kappa shape index (κ1) is 11.1. The molecule has 2 rings (SSSR count). The van der Waals surface area contributed by atoms with E-state index in [0.29, 0.717) is 0 Å². The molecule has 0 aliphatic rings. The fourth-order valence-corrected chi connectivity index (χ4v) is 2.04.